The summed E-state index contributed by atoms with van der Waals surface area (Å²) in [6.45, 7) is 1.36. The summed E-state index contributed by atoms with van der Waals surface area (Å²) in [7, 11) is 4.06. The molecule has 5 nitrogen and oxygen atoms in total. The number of carbonyl (C=O) groups is 1. The van der Waals surface area contributed by atoms with Crippen molar-refractivity contribution in [1.82, 2.24) is 4.90 Å². The minimum Gasteiger partial charge on any atom is -0.475 e. The minimum absolute atomic E-state index is 0.0388. The van der Waals surface area contributed by atoms with Crippen molar-refractivity contribution >= 4 is 11.7 Å². The van der Waals surface area contributed by atoms with Crippen LogP contribution in [0, 0.1) is 0 Å². The lowest BCUT2D eigenvalue weighted by Gasteiger charge is -2.10. The first-order chi connectivity index (χ1) is 9.54. The predicted octanol–water partition coefficient (Wildman–Crippen LogP) is 2.65. The first-order valence-electron chi connectivity index (χ1n) is 6.34. The number of hydrogen-bond donors (Lipinski definition) is 2. The van der Waals surface area contributed by atoms with Crippen LogP contribution >= 0.6 is 0 Å². The maximum absolute atomic E-state index is 10.7. The summed E-state index contributed by atoms with van der Waals surface area (Å²) in [4.78, 5) is 12.8. The molecule has 20 heavy (non-hydrogen) atoms. The van der Waals surface area contributed by atoms with Crippen LogP contribution in [0.5, 0.6) is 0 Å². The molecule has 0 saturated heterocycles. The molecule has 0 aliphatic heterocycles. The first kappa shape index (κ1) is 14.1. The molecule has 1 aromatic carbocycles. The average Bonchev–Trinajstić information content (AvgIpc) is 2.86. The molecule has 0 aliphatic carbocycles. The summed E-state index contributed by atoms with van der Waals surface area (Å²) in [5, 5.41) is 12.0. The van der Waals surface area contributed by atoms with Gasteiger partial charge in [0.2, 0.25) is 5.76 Å². The quantitative estimate of drug-likeness (QED) is 0.847. The molecule has 0 bridgehead atoms. The molecule has 106 valence electrons. The smallest absolute Gasteiger partial charge is 0.371 e. The molecule has 5 heteroatoms. The van der Waals surface area contributed by atoms with Crippen molar-refractivity contribution in [2.45, 2.75) is 13.1 Å². The molecular formula is C15H18N2O3. The van der Waals surface area contributed by atoms with Gasteiger partial charge in [0, 0.05) is 12.2 Å². The number of rotatable bonds is 6. The number of carboxylic acids is 1. The van der Waals surface area contributed by atoms with Gasteiger partial charge in [0.15, 0.2) is 0 Å². The van der Waals surface area contributed by atoms with Crippen molar-refractivity contribution in [2.24, 2.45) is 0 Å². The minimum atomic E-state index is -1.05. The third kappa shape index (κ3) is 3.86. The number of benzene rings is 1. The van der Waals surface area contributed by atoms with E-state index in [1.165, 1.54) is 11.6 Å². The highest BCUT2D eigenvalue weighted by atomic mass is 16.4. The van der Waals surface area contributed by atoms with Gasteiger partial charge in [0.05, 0.1) is 6.54 Å². The third-order valence-electron chi connectivity index (χ3n) is 2.79. The van der Waals surface area contributed by atoms with E-state index in [1.54, 1.807) is 6.07 Å². The van der Waals surface area contributed by atoms with Gasteiger partial charge in [0.25, 0.3) is 0 Å². The Morgan fingerprint density at radius 2 is 1.90 bits per heavy atom. The Hall–Kier alpha value is -2.27. The second kappa shape index (κ2) is 6.25. The van der Waals surface area contributed by atoms with Gasteiger partial charge < -0.3 is 19.7 Å². The zero-order chi connectivity index (χ0) is 14.5. The van der Waals surface area contributed by atoms with E-state index in [0.717, 1.165) is 12.2 Å². The van der Waals surface area contributed by atoms with Crippen LogP contribution < -0.4 is 5.32 Å². The van der Waals surface area contributed by atoms with Crippen LogP contribution in [0.3, 0.4) is 0 Å². The van der Waals surface area contributed by atoms with Gasteiger partial charge in [-0.2, -0.15) is 0 Å². The Bertz CT molecular complexity index is 573. The number of aromatic carboxylic acids is 1. The standard InChI is InChI=1S/C15H18N2O3/c1-17(2)10-11-3-5-12(6-4-11)16-9-13-7-8-14(20-13)15(18)19/h3-8,16H,9-10H2,1-2H3,(H,18,19). The molecule has 2 aromatic rings. The van der Waals surface area contributed by atoms with E-state index in [4.69, 9.17) is 9.52 Å². The van der Waals surface area contributed by atoms with Crippen molar-refractivity contribution in [1.29, 1.82) is 0 Å². The van der Waals surface area contributed by atoms with Gasteiger partial charge in [-0.25, -0.2) is 4.79 Å². The van der Waals surface area contributed by atoms with Crippen LogP contribution in [-0.2, 0) is 13.1 Å². The van der Waals surface area contributed by atoms with E-state index in [0.29, 0.717) is 12.3 Å². The Morgan fingerprint density at radius 3 is 2.45 bits per heavy atom. The molecule has 2 N–H and O–H groups in total. The van der Waals surface area contributed by atoms with Crippen LogP contribution in [0.4, 0.5) is 5.69 Å². The third-order valence-corrected chi connectivity index (χ3v) is 2.79. The maximum Gasteiger partial charge on any atom is 0.371 e. The van der Waals surface area contributed by atoms with Crippen molar-refractivity contribution in [2.75, 3.05) is 19.4 Å². The van der Waals surface area contributed by atoms with E-state index in [1.807, 2.05) is 26.2 Å². The maximum atomic E-state index is 10.7. The SMILES string of the molecule is CN(C)Cc1ccc(NCc2ccc(C(=O)O)o2)cc1. The summed E-state index contributed by atoms with van der Waals surface area (Å²) in [6.07, 6.45) is 0. The summed E-state index contributed by atoms with van der Waals surface area (Å²) < 4.78 is 5.17. The van der Waals surface area contributed by atoms with E-state index in [-0.39, 0.29) is 5.76 Å². The zero-order valence-electron chi connectivity index (χ0n) is 11.6. The molecule has 0 aliphatic rings. The Morgan fingerprint density at radius 1 is 1.20 bits per heavy atom. The number of nitrogens with one attached hydrogen (secondary N) is 1. The largest absolute Gasteiger partial charge is 0.475 e. The van der Waals surface area contributed by atoms with Crippen LogP contribution in [0.2, 0.25) is 0 Å². The molecule has 2 rings (SSSR count). The molecule has 1 aromatic heterocycles. The second-order valence-corrected chi connectivity index (χ2v) is 4.86. The molecule has 0 spiro atoms. The van der Waals surface area contributed by atoms with Gasteiger partial charge in [-0.15, -0.1) is 0 Å². The summed E-state index contributed by atoms with van der Waals surface area (Å²) in [5.41, 5.74) is 2.22. The molecule has 1 heterocycles. The lowest BCUT2D eigenvalue weighted by molar-refractivity contribution is 0.0660. The lowest BCUT2D eigenvalue weighted by Crippen LogP contribution is -2.10. The highest BCUT2D eigenvalue weighted by Gasteiger charge is 2.08. The predicted molar refractivity (Wildman–Crippen MR) is 76.8 cm³/mol. The fraction of sp³-hybridized carbons (Fsp3) is 0.267. The first-order valence-corrected chi connectivity index (χ1v) is 6.34. The molecule has 0 atom stereocenters. The Kier molecular flexibility index (Phi) is 4.42. The summed E-state index contributed by atoms with van der Waals surface area (Å²) in [6, 6.07) is 11.2. The average molecular weight is 274 g/mol. The molecule has 0 fully saturated rings. The highest BCUT2D eigenvalue weighted by molar-refractivity contribution is 5.84. The molecule has 0 unspecified atom stereocenters. The second-order valence-electron chi connectivity index (χ2n) is 4.86. The summed E-state index contributed by atoms with van der Waals surface area (Å²) in [5.74, 6) is -0.493. The van der Waals surface area contributed by atoms with Crippen molar-refractivity contribution in [3.63, 3.8) is 0 Å². The van der Waals surface area contributed by atoms with E-state index in [2.05, 4.69) is 22.3 Å². The van der Waals surface area contributed by atoms with Crippen LogP contribution in [0.15, 0.2) is 40.8 Å². The van der Waals surface area contributed by atoms with Crippen molar-refractivity contribution in [3.05, 3.63) is 53.5 Å². The molecular weight excluding hydrogens is 256 g/mol. The van der Waals surface area contributed by atoms with Gasteiger partial charge in [-0.05, 0) is 43.9 Å². The van der Waals surface area contributed by atoms with Gasteiger partial charge >= 0.3 is 5.97 Å². The summed E-state index contributed by atoms with van der Waals surface area (Å²) >= 11 is 0. The van der Waals surface area contributed by atoms with E-state index in [9.17, 15) is 4.79 Å². The Labute approximate surface area is 117 Å². The fourth-order valence-corrected chi connectivity index (χ4v) is 1.87. The van der Waals surface area contributed by atoms with E-state index >= 15 is 0 Å². The Balaban J connectivity index is 1.91. The number of anilines is 1. The van der Waals surface area contributed by atoms with Gasteiger partial charge in [0.1, 0.15) is 5.76 Å². The lowest BCUT2D eigenvalue weighted by atomic mass is 10.2. The highest BCUT2D eigenvalue weighted by Crippen LogP contribution is 2.14. The molecule has 0 radical (unpaired) electrons. The molecule has 0 saturated carbocycles. The van der Waals surface area contributed by atoms with Crippen LogP contribution in [-0.4, -0.2) is 30.1 Å². The normalized spacial score (nSPS) is 10.8. The number of nitrogens with zero attached hydrogens (tertiary/aromatic N) is 1. The van der Waals surface area contributed by atoms with Gasteiger partial charge in [-0.1, -0.05) is 12.1 Å². The van der Waals surface area contributed by atoms with Gasteiger partial charge in [-0.3, -0.25) is 0 Å². The van der Waals surface area contributed by atoms with Crippen molar-refractivity contribution < 1.29 is 14.3 Å². The number of hydrogen-bond acceptors (Lipinski definition) is 4. The van der Waals surface area contributed by atoms with Crippen LogP contribution in [0.25, 0.3) is 0 Å². The number of furan rings is 1. The molecule has 0 amide bonds. The monoisotopic (exact) mass is 274 g/mol. The van der Waals surface area contributed by atoms with Crippen molar-refractivity contribution in [3.8, 4) is 0 Å². The number of carboxylic acid groups (broad SMARTS) is 1. The topological polar surface area (TPSA) is 65.7 Å². The van der Waals surface area contributed by atoms with E-state index < -0.39 is 5.97 Å². The fourth-order valence-electron chi connectivity index (χ4n) is 1.87. The van der Waals surface area contributed by atoms with Crippen LogP contribution in [0.1, 0.15) is 21.9 Å². The zero-order valence-corrected chi connectivity index (χ0v) is 11.6.